The number of fused-ring (bicyclic) bond motifs is 1. The van der Waals surface area contributed by atoms with E-state index in [1.54, 1.807) is 0 Å². The molecule has 0 radical (unpaired) electrons. The van der Waals surface area contributed by atoms with Crippen molar-refractivity contribution in [2.75, 3.05) is 53.7 Å². The number of piperazine rings is 1. The number of benzene rings is 1. The Kier molecular flexibility index (Phi) is 5.79. The Morgan fingerprint density at radius 3 is 2.42 bits per heavy atom. The predicted octanol–water partition coefficient (Wildman–Crippen LogP) is 2.84. The molecule has 1 aromatic carbocycles. The molecule has 2 aliphatic heterocycles. The average Bonchev–Trinajstić information content (AvgIpc) is 2.77. The van der Waals surface area contributed by atoms with Crippen molar-refractivity contribution in [3.05, 3.63) is 35.0 Å². The van der Waals surface area contributed by atoms with E-state index in [9.17, 15) is 9.32 Å². The third-order valence-corrected chi connectivity index (χ3v) is 8.44. The molecule has 7 nitrogen and oxygen atoms in total. The van der Waals surface area contributed by atoms with Crippen LogP contribution in [0.3, 0.4) is 0 Å². The van der Waals surface area contributed by atoms with Gasteiger partial charge >= 0.3 is 0 Å². The number of anilines is 3. The normalized spacial score (nSPS) is 22.6. The zero-order valence-electron chi connectivity index (χ0n) is 17.5. The van der Waals surface area contributed by atoms with Gasteiger partial charge in [0.15, 0.2) is 0 Å². The smallest absolute Gasteiger partial charge is 0.227 e. The first kappa shape index (κ1) is 21.0. The largest absolute Gasteiger partial charge is 0.394 e. The number of aliphatic hydroxyl groups is 1. The molecule has 0 bridgehead atoms. The van der Waals surface area contributed by atoms with E-state index in [0.717, 1.165) is 73.9 Å². The topological polar surface area (TPSA) is 81.6 Å². The first-order valence-electron chi connectivity index (χ1n) is 11.0. The van der Waals surface area contributed by atoms with E-state index in [0.29, 0.717) is 17.5 Å². The number of rotatable bonds is 5. The van der Waals surface area contributed by atoms with E-state index >= 15 is 0 Å². The van der Waals surface area contributed by atoms with Crippen LogP contribution in [0.25, 0.3) is 0 Å². The van der Waals surface area contributed by atoms with Crippen molar-refractivity contribution in [3.8, 4) is 0 Å². The van der Waals surface area contributed by atoms with Crippen LogP contribution in [0.1, 0.15) is 31.4 Å². The van der Waals surface area contributed by atoms with Crippen molar-refractivity contribution in [1.82, 2.24) is 9.97 Å². The summed E-state index contributed by atoms with van der Waals surface area (Å²) in [5.41, 5.74) is 1.72. The van der Waals surface area contributed by atoms with Crippen molar-refractivity contribution >= 4 is 39.9 Å². The molecular weight excluding hydrogens is 434 g/mol. The van der Waals surface area contributed by atoms with Crippen molar-refractivity contribution in [2.24, 2.45) is 0 Å². The molecule has 1 aromatic heterocycles. The average molecular weight is 462 g/mol. The molecule has 1 saturated heterocycles. The first-order chi connectivity index (χ1) is 15.1. The summed E-state index contributed by atoms with van der Waals surface area (Å²) >= 11 is 6.02. The number of nitrogens with one attached hydrogen (secondary N) is 1. The summed E-state index contributed by atoms with van der Waals surface area (Å²) < 4.78 is 12.8. The minimum atomic E-state index is -1.09. The van der Waals surface area contributed by atoms with Crippen molar-refractivity contribution < 1.29 is 9.32 Å². The second kappa shape index (κ2) is 8.56. The maximum Gasteiger partial charge on any atom is 0.227 e. The molecule has 0 amide bonds. The van der Waals surface area contributed by atoms with Gasteiger partial charge < -0.3 is 20.2 Å². The maximum absolute atomic E-state index is 12.8. The highest BCUT2D eigenvalue weighted by Crippen LogP contribution is 2.38. The van der Waals surface area contributed by atoms with Gasteiger partial charge in [-0.1, -0.05) is 11.6 Å². The lowest BCUT2D eigenvalue weighted by Crippen LogP contribution is -2.49. The van der Waals surface area contributed by atoms with E-state index in [-0.39, 0.29) is 12.1 Å². The van der Waals surface area contributed by atoms with E-state index in [2.05, 4.69) is 27.2 Å². The third-order valence-electron chi connectivity index (χ3n) is 6.65. The molecule has 1 saturated carbocycles. The van der Waals surface area contributed by atoms with Gasteiger partial charge in [0.25, 0.3) is 0 Å². The minimum Gasteiger partial charge on any atom is -0.394 e. The summed E-state index contributed by atoms with van der Waals surface area (Å²) in [7, 11) is -1.09. The Balaban J connectivity index is 1.39. The van der Waals surface area contributed by atoms with Crippen LogP contribution in [0.15, 0.2) is 29.2 Å². The molecule has 1 atom stereocenters. The van der Waals surface area contributed by atoms with Crippen molar-refractivity contribution in [1.29, 1.82) is 0 Å². The predicted molar refractivity (Wildman–Crippen MR) is 125 cm³/mol. The summed E-state index contributed by atoms with van der Waals surface area (Å²) in [6.07, 6.45) is 4.60. The van der Waals surface area contributed by atoms with E-state index < -0.39 is 10.8 Å². The fourth-order valence-corrected chi connectivity index (χ4v) is 6.04. The van der Waals surface area contributed by atoms with Crippen molar-refractivity contribution in [3.63, 3.8) is 0 Å². The maximum atomic E-state index is 12.8. The van der Waals surface area contributed by atoms with Gasteiger partial charge in [-0.2, -0.15) is 4.98 Å². The summed E-state index contributed by atoms with van der Waals surface area (Å²) in [5.74, 6) is 2.01. The molecule has 3 heterocycles. The Hall–Kier alpha value is -1.90. The number of aryl methyl sites for hydroxylation is 1. The molecule has 1 aliphatic carbocycles. The fourth-order valence-electron chi connectivity index (χ4n) is 4.59. The van der Waals surface area contributed by atoms with Crippen LogP contribution in [0.4, 0.5) is 17.5 Å². The van der Waals surface area contributed by atoms with Gasteiger partial charge in [0.2, 0.25) is 5.95 Å². The van der Waals surface area contributed by atoms with Crippen LogP contribution in [0.2, 0.25) is 5.02 Å². The Bertz CT molecular complexity index is 969. The summed E-state index contributed by atoms with van der Waals surface area (Å²) in [6.45, 7) is 3.44. The SMILES string of the molecule is O=[S@@]1CCCc2nc(N3CCN(c4ccc(Cl)cc4)CC3)nc(NC3(CO)CCC3)c21. The molecular formula is C22H28ClN5O2S. The van der Waals surface area contributed by atoms with Gasteiger partial charge in [0.1, 0.15) is 10.7 Å². The number of hydrogen-bond donors (Lipinski definition) is 2. The van der Waals surface area contributed by atoms with Crippen LogP contribution in [0, 0.1) is 0 Å². The zero-order valence-corrected chi connectivity index (χ0v) is 19.1. The number of aromatic nitrogens is 2. The highest BCUT2D eigenvalue weighted by Gasteiger charge is 2.38. The van der Waals surface area contributed by atoms with Crippen molar-refractivity contribution in [2.45, 2.75) is 42.5 Å². The number of halogens is 1. The molecule has 0 spiro atoms. The third kappa shape index (κ3) is 4.13. The molecule has 5 rings (SSSR count). The highest BCUT2D eigenvalue weighted by molar-refractivity contribution is 7.85. The molecule has 166 valence electrons. The van der Waals surface area contributed by atoms with E-state index in [4.69, 9.17) is 21.6 Å². The molecule has 9 heteroatoms. The van der Waals surface area contributed by atoms with Gasteiger partial charge in [0.05, 0.1) is 28.6 Å². The molecule has 31 heavy (non-hydrogen) atoms. The lowest BCUT2D eigenvalue weighted by molar-refractivity contribution is 0.143. The van der Waals surface area contributed by atoms with Gasteiger partial charge in [0, 0.05) is 42.6 Å². The van der Waals surface area contributed by atoms with Crippen LogP contribution in [-0.2, 0) is 17.2 Å². The number of aliphatic hydroxyl groups excluding tert-OH is 1. The minimum absolute atomic E-state index is 0.0630. The Labute approximate surface area is 190 Å². The monoisotopic (exact) mass is 461 g/mol. The second-order valence-electron chi connectivity index (χ2n) is 8.67. The summed E-state index contributed by atoms with van der Waals surface area (Å²) in [6, 6.07) is 7.95. The molecule has 2 fully saturated rings. The summed E-state index contributed by atoms with van der Waals surface area (Å²) in [4.78, 5) is 15.0. The van der Waals surface area contributed by atoms with Gasteiger partial charge in [-0.05, 0) is 56.4 Å². The quantitative estimate of drug-likeness (QED) is 0.708. The lowest BCUT2D eigenvalue weighted by Gasteiger charge is -2.42. The molecule has 2 N–H and O–H groups in total. The number of nitrogens with zero attached hydrogens (tertiary/aromatic N) is 4. The molecule has 2 aromatic rings. The van der Waals surface area contributed by atoms with E-state index in [1.165, 1.54) is 5.69 Å². The fraction of sp³-hybridized carbons (Fsp3) is 0.545. The summed E-state index contributed by atoms with van der Waals surface area (Å²) in [5, 5.41) is 14.2. The standard InChI is InChI=1S/C22H28ClN5O2S/c23-16-4-6-17(7-5-16)27-10-12-28(13-11-27)21-24-18-3-1-14-31(30)19(18)20(25-21)26-22(15-29)8-2-9-22/h4-7,29H,1-3,8-15H2,(H,24,25,26)/t31-/m1/s1. The van der Waals surface area contributed by atoms with Gasteiger partial charge in [-0.15, -0.1) is 0 Å². The van der Waals surface area contributed by atoms with Gasteiger partial charge in [-0.3, -0.25) is 4.21 Å². The molecule has 3 aliphatic rings. The van der Waals surface area contributed by atoms with Crippen LogP contribution >= 0.6 is 11.6 Å². The highest BCUT2D eigenvalue weighted by atomic mass is 35.5. The number of hydrogen-bond acceptors (Lipinski definition) is 7. The van der Waals surface area contributed by atoms with Crippen LogP contribution in [0.5, 0.6) is 0 Å². The molecule has 0 unspecified atom stereocenters. The Morgan fingerprint density at radius 2 is 1.77 bits per heavy atom. The van der Waals surface area contributed by atoms with Crippen LogP contribution in [-0.4, -0.2) is 63.4 Å². The lowest BCUT2D eigenvalue weighted by atomic mass is 9.77. The zero-order chi connectivity index (χ0) is 21.4. The van der Waals surface area contributed by atoms with Gasteiger partial charge in [-0.25, -0.2) is 4.98 Å². The second-order valence-corrected chi connectivity index (χ2v) is 10.6. The first-order valence-corrected chi connectivity index (χ1v) is 12.7. The van der Waals surface area contributed by atoms with E-state index in [1.807, 2.05) is 12.1 Å². The Morgan fingerprint density at radius 1 is 1.06 bits per heavy atom. The van der Waals surface area contributed by atoms with Crippen LogP contribution < -0.4 is 15.1 Å².